The van der Waals surface area contributed by atoms with Crippen LogP contribution < -0.4 is 5.32 Å². The lowest BCUT2D eigenvalue weighted by Gasteiger charge is -2.30. The Bertz CT molecular complexity index is 964. The number of fused-ring (bicyclic) bond motifs is 1. The van der Waals surface area contributed by atoms with Gasteiger partial charge in [-0.15, -0.1) is 0 Å². The van der Waals surface area contributed by atoms with Crippen molar-refractivity contribution < 1.29 is 23.9 Å². The van der Waals surface area contributed by atoms with Crippen molar-refractivity contribution in [1.29, 1.82) is 0 Å². The quantitative estimate of drug-likeness (QED) is 0.613. The molecule has 0 aromatic carbocycles. The average molecular weight is 386 g/mol. The standard InChI is InChI=1S/C19H22N4O5/c1-19(18(26)28-3)7-4-12(5-8-19)11-20-16(24)14-10-13(17(25)27-2)22-15-6-9-21-23(14)15/h4,6,9-10H,5,7-8,11H2,1-3H3,(H,20,24). The maximum absolute atomic E-state index is 12.7. The van der Waals surface area contributed by atoms with Crippen LogP contribution in [0, 0.1) is 5.41 Å². The maximum atomic E-state index is 12.7. The van der Waals surface area contributed by atoms with Crippen molar-refractivity contribution in [3.63, 3.8) is 0 Å². The molecule has 0 radical (unpaired) electrons. The molecular formula is C19H22N4O5. The van der Waals surface area contributed by atoms with E-state index in [9.17, 15) is 14.4 Å². The number of rotatable bonds is 5. The number of amides is 1. The largest absolute Gasteiger partial charge is 0.469 e. The molecule has 0 aliphatic heterocycles. The number of hydrogen-bond donors (Lipinski definition) is 1. The molecule has 148 valence electrons. The van der Waals surface area contributed by atoms with Crippen LogP contribution in [0.2, 0.25) is 0 Å². The number of hydrogen-bond acceptors (Lipinski definition) is 7. The Kier molecular flexibility index (Phi) is 5.43. The van der Waals surface area contributed by atoms with Crippen LogP contribution in [0.3, 0.4) is 0 Å². The van der Waals surface area contributed by atoms with Gasteiger partial charge in [0, 0.05) is 18.7 Å². The molecule has 2 aromatic heterocycles. The zero-order valence-electron chi connectivity index (χ0n) is 16.0. The van der Waals surface area contributed by atoms with Crippen LogP contribution in [-0.4, -0.2) is 53.2 Å². The molecule has 2 heterocycles. The predicted octanol–water partition coefficient (Wildman–Crippen LogP) is 1.54. The summed E-state index contributed by atoms with van der Waals surface area (Å²) >= 11 is 0. The molecule has 1 amide bonds. The van der Waals surface area contributed by atoms with E-state index in [0.29, 0.717) is 31.5 Å². The van der Waals surface area contributed by atoms with E-state index >= 15 is 0 Å². The zero-order chi connectivity index (χ0) is 20.3. The molecule has 0 bridgehead atoms. The number of methoxy groups -OCH3 is 2. The van der Waals surface area contributed by atoms with Crippen molar-refractivity contribution in [1.82, 2.24) is 19.9 Å². The minimum Gasteiger partial charge on any atom is -0.469 e. The molecule has 0 fully saturated rings. The third-order valence-corrected chi connectivity index (χ3v) is 4.98. The summed E-state index contributed by atoms with van der Waals surface area (Å²) < 4.78 is 10.9. The number of nitrogens with zero attached hydrogens (tertiary/aromatic N) is 3. The second-order valence-electron chi connectivity index (χ2n) is 6.92. The van der Waals surface area contributed by atoms with Crippen molar-refractivity contribution in [2.24, 2.45) is 5.41 Å². The number of allylic oxidation sites excluding steroid dienone is 1. The van der Waals surface area contributed by atoms with Gasteiger partial charge < -0.3 is 14.8 Å². The number of carbonyl (C=O) groups excluding carboxylic acids is 3. The molecule has 9 heteroatoms. The Morgan fingerprint density at radius 1 is 1.29 bits per heavy atom. The van der Waals surface area contributed by atoms with Gasteiger partial charge in [-0.1, -0.05) is 11.6 Å². The van der Waals surface area contributed by atoms with Crippen LogP contribution >= 0.6 is 0 Å². The summed E-state index contributed by atoms with van der Waals surface area (Å²) in [4.78, 5) is 40.5. The molecule has 1 aliphatic rings. The molecular weight excluding hydrogens is 364 g/mol. The lowest BCUT2D eigenvalue weighted by molar-refractivity contribution is -0.152. The van der Waals surface area contributed by atoms with E-state index in [-0.39, 0.29) is 23.3 Å². The predicted molar refractivity (Wildman–Crippen MR) is 98.7 cm³/mol. The molecule has 1 aliphatic carbocycles. The third-order valence-electron chi connectivity index (χ3n) is 4.98. The van der Waals surface area contributed by atoms with Crippen LogP contribution in [0.15, 0.2) is 30.0 Å². The highest BCUT2D eigenvalue weighted by Gasteiger charge is 2.35. The average Bonchev–Trinajstić information content (AvgIpc) is 3.19. The minimum absolute atomic E-state index is 0.0337. The zero-order valence-corrected chi connectivity index (χ0v) is 16.0. The molecule has 9 nitrogen and oxygen atoms in total. The fourth-order valence-corrected chi connectivity index (χ4v) is 3.17. The van der Waals surface area contributed by atoms with Gasteiger partial charge >= 0.3 is 11.9 Å². The van der Waals surface area contributed by atoms with E-state index in [4.69, 9.17) is 4.74 Å². The monoisotopic (exact) mass is 386 g/mol. The van der Waals surface area contributed by atoms with Crippen molar-refractivity contribution >= 4 is 23.5 Å². The van der Waals surface area contributed by atoms with Gasteiger partial charge in [-0.2, -0.15) is 5.10 Å². The topological polar surface area (TPSA) is 112 Å². The summed E-state index contributed by atoms with van der Waals surface area (Å²) in [6.07, 6.45) is 5.38. The van der Waals surface area contributed by atoms with Crippen LogP contribution in [0.5, 0.6) is 0 Å². The van der Waals surface area contributed by atoms with Gasteiger partial charge in [-0.3, -0.25) is 9.59 Å². The summed E-state index contributed by atoms with van der Waals surface area (Å²) in [5, 5.41) is 6.93. The first-order chi connectivity index (χ1) is 13.4. The molecule has 0 spiro atoms. The molecule has 0 saturated heterocycles. The van der Waals surface area contributed by atoms with Gasteiger partial charge in [0.25, 0.3) is 5.91 Å². The van der Waals surface area contributed by atoms with E-state index in [0.717, 1.165) is 5.57 Å². The van der Waals surface area contributed by atoms with E-state index in [1.54, 1.807) is 6.07 Å². The highest BCUT2D eigenvalue weighted by Crippen LogP contribution is 2.35. The van der Waals surface area contributed by atoms with Crippen LogP contribution in [0.1, 0.15) is 47.2 Å². The van der Waals surface area contributed by atoms with Gasteiger partial charge in [0.2, 0.25) is 0 Å². The first-order valence-corrected chi connectivity index (χ1v) is 8.85. The van der Waals surface area contributed by atoms with Crippen LogP contribution in [-0.2, 0) is 14.3 Å². The second-order valence-corrected chi connectivity index (χ2v) is 6.92. The lowest BCUT2D eigenvalue weighted by Crippen LogP contribution is -2.33. The molecule has 28 heavy (non-hydrogen) atoms. The third kappa shape index (κ3) is 3.73. The molecule has 3 rings (SSSR count). The van der Waals surface area contributed by atoms with E-state index < -0.39 is 11.4 Å². The van der Waals surface area contributed by atoms with E-state index in [1.165, 1.54) is 31.0 Å². The van der Waals surface area contributed by atoms with E-state index in [1.807, 2.05) is 13.0 Å². The molecule has 1 N–H and O–H groups in total. The normalized spacial score (nSPS) is 19.0. The van der Waals surface area contributed by atoms with Gasteiger partial charge in [0.05, 0.1) is 25.8 Å². The van der Waals surface area contributed by atoms with Crippen molar-refractivity contribution in [3.8, 4) is 0 Å². The minimum atomic E-state index is -0.630. The van der Waals surface area contributed by atoms with Gasteiger partial charge in [0.1, 0.15) is 5.69 Å². The smallest absolute Gasteiger partial charge is 0.356 e. The molecule has 1 unspecified atom stereocenters. The van der Waals surface area contributed by atoms with Gasteiger partial charge in [-0.05, 0) is 26.2 Å². The van der Waals surface area contributed by atoms with Crippen LogP contribution in [0.25, 0.3) is 5.65 Å². The molecule has 0 saturated carbocycles. The summed E-state index contributed by atoms with van der Waals surface area (Å²) in [7, 11) is 2.64. The molecule has 2 aromatic rings. The van der Waals surface area contributed by atoms with E-state index in [2.05, 4.69) is 20.1 Å². The van der Waals surface area contributed by atoms with Crippen LogP contribution in [0.4, 0.5) is 0 Å². The Morgan fingerprint density at radius 3 is 2.71 bits per heavy atom. The lowest BCUT2D eigenvalue weighted by atomic mass is 9.76. The Morgan fingerprint density at radius 2 is 2.07 bits per heavy atom. The van der Waals surface area contributed by atoms with Crippen molar-refractivity contribution in [2.45, 2.75) is 26.2 Å². The second kappa shape index (κ2) is 7.79. The summed E-state index contributed by atoms with van der Waals surface area (Å²) in [5.41, 5.74) is 1.11. The SMILES string of the molecule is COC(=O)c1cc(C(=O)NCC2=CCC(C)(C(=O)OC)CC2)n2nccc2n1. The fraction of sp³-hybridized carbons (Fsp3) is 0.421. The highest BCUT2D eigenvalue weighted by atomic mass is 16.5. The first kappa shape index (κ1) is 19.5. The maximum Gasteiger partial charge on any atom is 0.356 e. The fourth-order valence-electron chi connectivity index (χ4n) is 3.17. The van der Waals surface area contributed by atoms with Gasteiger partial charge in [-0.25, -0.2) is 14.3 Å². The Hall–Kier alpha value is -3.23. The van der Waals surface area contributed by atoms with Crippen molar-refractivity contribution in [3.05, 3.63) is 41.4 Å². The van der Waals surface area contributed by atoms with Gasteiger partial charge in [0.15, 0.2) is 11.3 Å². The number of aromatic nitrogens is 3. The summed E-state index contributed by atoms with van der Waals surface area (Å²) in [5.74, 6) is -1.24. The number of ether oxygens (including phenoxy) is 2. The Labute approximate surface area is 161 Å². The summed E-state index contributed by atoms with van der Waals surface area (Å²) in [6.45, 7) is 2.22. The van der Waals surface area contributed by atoms with Crippen molar-refractivity contribution in [2.75, 3.05) is 20.8 Å². The summed E-state index contributed by atoms with van der Waals surface area (Å²) in [6, 6.07) is 2.95. The number of carbonyl (C=O) groups is 3. The number of esters is 2. The molecule has 1 atom stereocenters. The first-order valence-electron chi connectivity index (χ1n) is 8.85. The Balaban J connectivity index is 1.73. The number of nitrogens with one attached hydrogen (secondary N) is 1. The highest BCUT2D eigenvalue weighted by molar-refractivity contribution is 5.96.